The molecule has 31 heavy (non-hydrogen) atoms. The molecule has 1 aliphatic heterocycles. The summed E-state index contributed by atoms with van der Waals surface area (Å²) in [6.07, 6.45) is 7.28. The quantitative estimate of drug-likeness (QED) is 0.700. The third-order valence-electron chi connectivity index (χ3n) is 6.48. The molecule has 0 unspecified atom stereocenters. The Balaban J connectivity index is 1.14. The van der Waals surface area contributed by atoms with Gasteiger partial charge in [0.25, 0.3) is 5.56 Å². The fourth-order valence-corrected chi connectivity index (χ4v) is 5.85. The van der Waals surface area contributed by atoms with Gasteiger partial charge in [-0.25, -0.2) is 4.98 Å². The van der Waals surface area contributed by atoms with E-state index in [9.17, 15) is 14.4 Å². The highest BCUT2D eigenvalue weighted by Gasteiger charge is 2.26. The molecule has 1 saturated carbocycles. The maximum Gasteiger partial charge on any atom is 0.259 e. The van der Waals surface area contributed by atoms with E-state index in [-0.39, 0.29) is 17.4 Å². The number of hydrogen-bond acceptors (Lipinski definition) is 6. The fraction of sp³-hybridized carbons (Fsp3) is 0.636. The van der Waals surface area contributed by atoms with E-state index in [1.807, 2.05) is 4.90 Å². The summed E-state index contributed by atoms with van der Waals surface area (Å²) in [4.78, 5) is 50.9. The molecule has 0 spiro atoms. The number of fused-ring (bicyclic) bond motifs is 3. The van der Waals surface area contributed by atoms with Crippen molar-refractivity contribution in [3.05, 3.63) is 26.6 Å². The lowest BCUT2D eigenvalue weighted by atomic mass is 9.97. The maximum absolute atomic E-state index is 12.7. The highest BCUT2D eigenvalue weighted by Crippen LogP contribution is 2.33. The monoisotopic (exact) mass is 443 g/mol. The first-order valence-corrected chi connectivity index (χ1v) is 12.2. The first kappa shape index (κ1) is 20.6. The largest absolute Gasteiger partial charge is 0.352 e. The molecule has 0 radical (unpaired) electrons. The molecule has 0 bridgehead atoms. The lowest BCUT2D eigenvalue weighted by molar-refractivity contribution is -0.133. The van der Waals surface area contributed by atoms with Gasteiger partial charge in [-0.2, -0.15) is 0 Å². The number of amides is 2. The van der Waals surface area contributed by atoms with Crippen LogP contribution in [0.15, 0.2) is 4.79 Å². The Bertz CT molecular complexity index is 1050. The molecule has 2 N–H and O–H groups in total. The molecule has 9 heteroatoms. The number of carbonyl (C=O) groups excluding carboxylic acids is 2. The van der Waals surface area contributed by atoms with Crippen LogP contribution in [0.5, 0.6) is 0 Å². The van der Waals surface area contributed by atoms with Crippen LogP contribution in [-0.2, 0) is 28.9 Å². The second kappa shape index (κ2) is 8.70. The van der Waals surface area contributed by atoms with Crippen molar-refractivity contribution >= 4 is 33.4 Å². The van der Waals surface area contributed by atoms with Gasteiger partial charge in [0.2, 0.25) is 11.8 Å². The van der Waals surface area contributed by atoms with E-state index in [0.717, 1.165) is 42.3 Å². The van der Waals surface area contributed by atoms with Crippen molar-refractivity contribution < 1.29 is 9.59 Å². The standard InChI is InChI=1S/C22H29N5O3S/c28-18(23-14-5-6-14)13-26-9-11-27(12-10-26)19(29)8-7-17-24-21(30)20-15-3-1-2-4-16(15)31-22(20)25-17/h14H,1-13H2,(H,23,28)(H,24,25,30). The zero-order chi connectivity index (χ0) is 21.4. The Morgan fingerprint density at radius 2 is 1.90 bits per heavy atom. The molecule has 0 atom stereocenters. The molecular formula is C22H29N5O3S. The normalized spacial score (nSPS) is 19.4. The van der Waals surface area contributed by atoms with E-state index in [0.29, 0.717) is 57.4 Å². The Labute approximate surface area is 185 Å². The third kappa shape index (κ3) is 4.67. The third-order valence-corrected chi connectivity index (χ3v) is 7.67. The van der Waals surface area contributed by atoms with Gasteiger partial charge in [-0.3, -0.25) is 19.3 Å². The van der Waals surface area contributed by atoms with Crippen LogP contribution < -0.4 is 10.9 Å². The molecular weight excluding hydrogens is 414 g/mol. The SMILES string of the molecule is O=C(CN1CCN(C(=O)CCc2nc3sc4c(c3c(=O)[nH]2)CCCC4)CC1)NC1CC1. The van der Waals surface area contributed by atoms with Gasteiger partial charge in [-0.15, -0.1) is 11.3 Å². The van der Waals surface area contributed by atoms with Crippen molar-refractivity contribution in [2.45, 2.75) is 57.4 Å². The molecule has 0 aromatic carbocycles. The first-order valence-electron chi connectivity index (χ1n) is 11.4. The van der Waals surface area contributed by atoms with Crippen molar-refractivity contribution in [2.24, 2.45) is 0 Å². The summed E-state index contributed by atoms with van der Waals surface area (Å²) >= 11 is 1.64. The number of thiophene rings is 1. The van der Waals surface area contributed by atoms with E-state index in [1.165, 1.54) is 16.9 Å². The minimum Gasteiger partial charge on any atom is -0.352 e. The zero-order valence-electron chi connectivity index (χ0n) is 17.7. The van der Waals surface area contributed by atoms with Gasteiger partial charge in [0.05, 0.1) is 11.9 Å². The smallest absolute Gasteiger partial charge is 0.259 e. The molecule has 2 amide bonds. The van der Waals surface area contributed by atoms with E-state index < -0.39 is 0 Å². The average molecular weight is 444 g/mol. The van der Waals surface area contributed by atoms with Crippen LogP contribution >= 0.6 is 11.3 Å². The average Bonchev–Trinajstić information content (AvgIpc) is 3.49. The van der Waals surface area contributed by atoms with Crippen LogP contribution in [0.2, 0.25) is 0 Å². The second-order valence-electron chi connectivity index (χ2n) is 8.90. The van der Waals surface area contributed by atoms with Gasteiger partial charge >= 0.3 is 0 Å². The van der Waals surface area contributed by atoms with Gasteiger partial charge in [0, 0.05) is 49.9 Å². The number of H-pyrrole nitrogens is 1. The number of carbonyl (C=O) groups is 2. The lowest BCUT2D eigenvalue weighted by Gasteiger charge is -2.34. The maximum atomic E-state index is 12.7. The van der Waals surface area contributed by atoms with Crippen molar-refractivity contribution in [1.29, 1.82) is 0 Å². The van der Waals surface area contributed by atoms with Crippen LogP contribution in [0, 0.1) is 0 Å². The molecule has 5 rings (SSSR count). The fourth-order valence-electron chi connectivity index (χ4n) is 4.57. The first-order chi connectivity index (χ1) is 15.1. The van der Waals surface area contributed by atoms with Crippen molar-refractivity contribution in [1.82, 2.24) is 25.1 Å². The molecule has 1 saturated heterocycles. The number of aromatic nitrogens is 2. The highest BCUT2D eigenvalue weighted by molar-refractivity contribution is 7.18. The second-order valence-corrected chi connectivity index (χ2v) is 9.99. The van der Waals surface area contributed by atoms with Crippen LogP contribution in [0.1, 0.15) is 48.4 Å². The van der Waals surface area contributed by atoms with Gasteiger partial charge < -0.3 is 15.2 Å². The number of aromatic amines is 1. The molecule has 2 aromatic rings. The van der Waals surface area contributed by atoms with Crippen LogP contribution in [0.25, 0.3) is 10.2 Å². The van der Waals surface area contributed by atoms with E-state index in [4.69, 9.17) is 0 Å². The summed E-state index contributed by atoms with van der Waals surface area (Å²) in [6, 6.07) is 0.384. The van der Waals surface area contributed by atoms with Gasteiger partial charge in [0.1, 0.15) is 10.7 Å². The van der Waals surface area contributed by atoms with Crippen molar-refractivity contribution in [3.63, 3.8) is 0 Å². The molecule has 3 aliphatic rings. The molecule has 8 nitrogen and oxygen atoms in total. The van der Waals surface area contributed by atoms with Crippen molar-refractivity contribution in [3.8, 4) is 0 Å². The summed E-state index contributed by atoms with van der Waals surface area (Å²) < 4.78 is 0. The predicted molar refractivity (Wildman–Crippen MR) is 119 cm³/mol. The summed E-state index contributed by atoms with van der Waals surface area (Å²) in [5.41, 5.74) is 1.12. The number of hydrogen-bond donors (Lipinski definition) is 2. The summed E-state index contributed by atoms with van der Waals surface area (Å²) in [5, 5.41) is 3.77. The number of nitrogens with one attached hydrogen (secondary N) is 2. The summed E-state index contributed by atoms with van der Waals surface area (Å²) in [7, 11) is 0. The van der Waals surface area contributed by atoms with E-state index in [2.05, 4.69) is 20.2 Å². The molecule has 166 valence electrons. The van der Waals surface area contributed by atoms with E-state index in [1.54, 1.807) is 11.3 Å². The molecule has 2 aromatic heterocycles. The Hall–Kier alpha value is -2.26. The Kier molecular flexibility index (Phi) is 5.79. The Morgan fingerprint density at radius 3 is 2.68 bits per heavy atom. The zero-order valence-corrected chi connectivity index (χ0v) is 18.6. The Morgan fingerprint density at radius 1 is 1.13 bits per heavy atom. The number of aryl methyl sites for hydroxylation is 3. The minimum absolute atomic E-state index is 0.0649. The van der Waals surface area contributed by atoms with Crippen LogP contribution in [-0.4, -0.2) is 70.3 Å². The summed E-state index contributed by atoms with van der Waals surface area (Å²) in [5.74, 6) is 0.762. The predicted octanol–water partition coefficient (Wildman–Crippen LogP) is 1.22. The van der Waals surface area contributed by atoms with Gasteiger partial charge in [0.15, 0.2) is 0 Å². The number of piperazine rings is 1. The summed E-state index contributed by atoms with van der Waals surface area (Å²) in [6.45, 7) is 3.11. The highest BCUT2D eigenvalue weighted by atomic mass is 32.1. The van der Waals surface area contributed by atoms with Crippen LogP contribution in [0.4, 0.5) is 0 Å². The topological polar surface area (TPSA) is 98.4 Å². The minimum atomic E-state index is -0.0649. The molecule has 3 heterocycles. The number of rotatable bonds is 6. The van der Waals surface area contributed by atoms with E-state index >= 15 is 0 Å². The van der Waals surface area contributed by atoms with Crippen LogP contribution in [0.3, 0.4) is 0 Å². The number of nitrogens with zero attached hydrogens (tertiary/aromatic N) is 3. The molecule has 2 aliphatic carbocycles. The lowest BCUT2D eigenvalue weighted by Crippen LogP contribution is -2.51. The van der Waals surface area contributed by atoms with Crippen molar-refractivity contribution in [2.75, 3.05) is 32.7 Å². The van der Waals surface area contributed by atoms with Gasteiger partial charge in [-0.1, -0.05) is 0 Å². The van der Waals surface area contributed by atoms with Gasteiger partial charge in [-0.05, 0) is 44.1 Å². The molecule has 2 fully saturated rings.